The minimum Gasteiger partial charge on any atom is -0.494 e. The minimum atomic E-state index is -0.606. The molecule has 0 aliphatic carbocycles. The number of hydrogen-bond acceptors (Lipinski definition) is 6. The molecule has 0 atom stereocenters. The van der Waals surface area contributed by atoms with Crippen LogP contribution in [0.5, 0.6) is 5.75 Å². The second-order valence-electron chi connectivity index (χ2n) is 7.48. The molecule has 3 rings (SSSR count). The molecule has 0 spiro atoms. The number of anilines is 1. The van der Waals surface area contributed by atoms with E-state index in [9.17, 15) is 14.9 Å². The van der Waals surface area contributed by atoms with E-state index < -0.39 is 11.9 Å². The van der Waals surface area contributed by atoms with Gasteiger partial charge in [0, 0.05) is 15.4 Å². The number of carbonyl (C=O) groups excluding carboxylic acids is 2. The second kappa shape index (κ2) is 12.9. The van der Waals surface area contributed by atoms with Crippen LogP contribution in [0.3, 0.4) is 0 Å². The lowest BCUT2D eigenvalue weighted by Gasteiger charge is -2.09. The van der Waals surface area contributed by atoms with E-state index in [1.807, 2.05) is 30.3 Å². The lowest BCUT2D eigenvalue weighted by Crippen LogP contribution is -2.16. The molecule has 35 heavy (non-hydrogen) atoms. The van der Waals surface area contributed by atoms with Crippen LogP contribution in [0.2, 0.25) is 0 Å². The van der Waals surface area contributed by atoms with Crippen molar-refractivity contribution in [2.24, 2.45) is 0 Å². The molecular formula is C27H25BrN2O4S. The Hall–Kier alpha value is -3.41. The van der Waals surface area contributed by atoms with Crippen LogP contribution in [0.15, 0.2) is 64.0 Å². The number of nitriles is 1. The molecule has 180 valence electrons. The van der Waals surface area contributed by atoms with Crippen LogP contribution < -0.4 is 10.1 Å². The second-order valence-corrected chi connectivity index (χ2v) is 9.27. The van der Waals surface area contributed by atoms with Crippen LogP contribution in [-0.4, -0.2) is 25.1 Å². The van der Waals surface area contributed by atoms with Crippen LogP contribution in [0.4, 0.5) is 5.00 Å². The molecule has 1 aromatic heterocycles. The fraction of sp³-hybridized carbons (Fsp3) is 0.222. The molecule has 1 heterocycles. The van der Waals surface area contributed by atoms with Crippen molar-refractivity contribution in [3.63, 3.8) is 0 Å². The molecule has 1 amide bonds. The summed E-state index contributed by atoms with van der Waals surface area (Å²) in [5, 5.41) is 14.4. The van der Waals surface area contributed by atoms with Gasteiger partial charge < -0.3 is 14.8 Å². The first-order chi connectivity index (χ1) is 17.0. The van der Waals surface area contributed by atoms with Gasteiger partial charge in [-0.15, -0.1) is 11.3 Å². The van der Waals surface area contributed by atoms with Crippen LogP contribution >= 0.6 is 27.3 Å². The highest BCUT2D eigenvalue weighted by Gasteiger charge is 2.23. The topological polar surface area (TPSA) is 88.4 Å². The number of nitrogens with one attached hydrogen (secondary N) is 1. The van der Waals surface area contributed by atoms with Gasteiger partial charge in [-0.25, -0.2) is 4.79 Å². The third-order valence-corrected chi connectivity index (χ3v) is 6.40. The number of halogens is 1. The first-order valence-corrected chi connectivity index (χ1v) is 12.8. The average molecular weight is 553 g/mol. The normalized spacial score (nSPS) is 11.0. The number of hydrogen-bond donors (Lipinski definition) is 1. The molecule has 0 aliphatic heterocycles. The summed E-state index contributed by atoms with van der Waals surface area (Å²) in [5.74, 6) is -0.412. The van der Waals surface area contributed by atoms with Gasteiger partial charge in [0.2, 0.25) is 0 Å². The molecule has 2 aromatic carbocycles. The summed E-state index contributed by atoms with van der Waals surface area (Å²) >= 11 is 4.61. The smallest absolute Gasteiger partial charge is 0.341 e. The quantitative estimate of drug-likeness (QED) is 0.125. The fourth-order valence-corrected chi connectivity index (χ4v) is 4.39. The van der Waals surface area contributed by atoms with Crippen LogP contribution in [0, 0.1) is 11.3 Å². The molecule has 0 unspecified atom stereocenters. The number of unbranched alkanes of at least 4 members (excludes halogenated alkanes) is 1. The Morgan fingerprint density at radius 3 is 2.46 bits per heavy atom. The Kier molecular flexibility index (Phi) is 9.65. The zero-order valence-corrected chi connectivity index (χ0v) is 21.9. The van der Waals surface area contributed by atoms with Gasteiger partial charge >= 0.3 is 5.97 Å². The van der Waals surface area contributed by atoms with Crippen LogP contribution in [0.25, 0.3) is 17.2 Å². The highest BCUT2D eigenvalue weighted by Crippen LogP contribution is 2.37. The molecule has 3 aromatic rings. The Bertz CT molecular complexity index is 1240. The first-order valence-electron chi connectivity index (χ1n) is 11.2. The summed E-state index contributed by atoms with van der Waals surface area (Å²) in [7, 11) is 0. The molecule has 0 bridgehead atoms. The van der Waals surface area contributed by atoms with Crippen molar-refractivity contribution in [1.29, 1.82) is 5.26 Å². The van der Waals surface area contributed by atoms with Crippen molar-refractivity contribution in [2.45, 2.75) is 26.7 Å². The number of thiophene rings is 1. The number of esters is 1. The summed E-state index contributed by atoms with van der Waals surface area (Å²) in [6.07, 6.45) is 3.52. The van der Waals surface area contributed by atoms with Crippen molar-refractivity contribution in [3.8, 4) is 22.9 Å². The zero-order chi connectivity index (χ0) is 25.2. The van der Waals surface area contributed by atoms with E-state index in [1.165, 1.54) is 17.4 Å². The summed E-state index contributed by atoms with van der Waals surface area (Å²) in [6, 6.07) is 16.6. The summed E-state index contributed by atoms with van der Waals surface area (Å²) < 4.78 is 11.8. The van der Waals surface area contributed by atoms with E-state index in [-0.39, 0.29) is 17.7 Å². The first kappa shape index (κ1) is 26.2. The molecule has 0 radical (unpaired) electrons. The van der Waals surface area contributed by atoms with Crippen molar-refractivity contribution in [3.05, 3.63) is 75.1 Å². The minimum absolute atomic E-state index is 0.0851. The third-order valence-electron chi connectivity index (χ3n) is 4.98. The number of nitrogens with zero attached hydrogens (tertiary/aromatic N) is 1. The van der Waals surface area contributed by atoms with Gasteiger partial charge in [-0.2, -0.15) is 5.26 Å². The SMILES string of the molecule is CCCCOc1ccc(/C=C(\C#N)C(=O)Nc2scc(-c3ccc(Br)cc3)c2C(=O)OCC)cc1. The number of rotatable bonds is 10. The largest absolute Gasteiger partial charge is 0.494 e. The summed E-state index contributed by atoms with van der Waals surface area (Å²) in [5.41, 5.74) is 2.33. The number of amides is 1. The van der Waals surface area contributed by atoms with E-state index in [4.69, 9.17) is 9.47 Å². The monoisotopic (exact) mass is 552 g/mol. The number of carbonyl (C=O) groups is 2. The van der Waals surface area contributed by atoms with Gasteiger partial charge in [-0.1, -0.05) is 53.5 Å². The van der Waals surface area contributed by atoms with Gasteiger partial charge in [0.1, 0.15) is 28.0 Å². The molecule has 0 aliphatic rings. The van der Waals surface area contributed by atoms with Crippen molar-refractivity contribution in [2.75, 3.05) is 18.5 Å². The lowest BCUT2D eigenvalue weighted by atomic mass is 10.0. The maximum atomic E-state index is 12.9. The molecule has 1 N–H and O–H groups in total. The predicted molar refractivity (Wildman–Crippen MR) is 142 cm³/mol. The molecular weight excluding hydrogens is 528 g/mol. The van der Waals surface area contributed by atoms with Crippen molar-refractivity contribution in [1.82, 2.24) is 0 Å². The highest BCUT2D eigenvalue weighted by molar-refractivity contribution is 9.10. The van der Waals surface area contributed by atoms with Crippen molar-refractivity contribution < 1.29 is 19.1 Å². The van der Waals surface area contributed by atoms with Gasteiger partial charge in [0.05, 0.1) is 13.2 Å². The van der Waals surface area contributed by atoms with E-state index in [0.717, 1.165) is 28.6 Å². The fourth-order valence-electron chi connectivity index (χ4n) is 3.18. The third kappa shape index (κ3) is 7.04. The summed E-state index contributed by atoms with van der Waals surface area (Å²) in [6.45, 7) is 4.66. The zero-order valence-electron chi connectivity index (χ0n) is 19.5. The molecule has 0 saturated heterocycles. The molecule has 0 fully saturated rings. The van der Waals surface area contributed by atoms with Gasteiger partial charge in [-0.3, -0.25) is 4.79 Å². The maximum absolute atomic E-state index is 12.9. The Balaban J connectivity index is 1.84. The number of benzene rings is 2. The Morgan fingerprint density at radius 1 is 1.11 bits per heavy atom. The van der Waals surface area contributed by atoms with E-state index in [1.54, 1.807) is 36.6 Å². The Labute approximate surface area is 217 Å². The lowest BCUT2D eigenvalue weighted by molar-refractivity contribution is -0.112. The van der Waals surface area contributed by atoms with Crippen molar-refractivity contribution >= 4 is 50.2 Å². The molecule has 0 saturated carbocycles. The standard InChI is InChI=1S/C27H25BrN2O4S/c1-3-5-14-34-22-12-6-18(7-13-22)15-20(16-29)25(31)30-26-24(27(32)33-4-2)23(17-35-26)19-8-10-21(28)11-9-19/h6-13,15,17H,3-5,14H2,1-2H3,(H,30,31)/b20-15+. The average Bonchev–Trinajstić information content (AvgIpc) is 3.27. The van der Waals surface area contributed by atoms with E-state index in [0.29, 0.717) is 22.7 Å². The molecule has 6 nitrogen and oxygen atoms in total. The predicted octanol–water partition coefficient (Wildman–Crippen LogP) is 7.08. The van der Waals surface area contributed by atoms with E-state index in [2.05, 4.69) is 28.2 Å². The maximum Gasteiger partial charge on any atom is 0.341 e. The van der Waals surface area contributed by atoms with E-state index >= 15 is 0 Å². The van der Waals surface area contributed by atoms with Crippen LogP contribution in [-0.2, 0) is 9.53 Å². The highest BCUT2D eigenvalue weighted by atomic mass is 79.9. The number of ether oxygens (including phenoxy) is 2. The van der Waals surface area contributed by atoms with Gasteiger partial charge in [0.15, 0.2) is 0 Å². The summed E-state index contributed by atoms with van der Waals surface area (Å²) in [4.78, 5) is 25.7. The van der Waals surface area contributed by atoms with Gasteiger partial charge in [0.25, 0.3) is 5.91 Å². The Morgan fingerprint density at radius 2 is 1.83 bits per heavy atom. The van der Waals surface area contributed by atoms with Crippen LogP contribution in [0.1, 0.15) is 42.6 Å². The molecule has 8 heteroatoms. The van der Waals surface area contributed by atoms with Gasteiger partial charge in [-0.05, 0) is 54.8 Å².